The van der Waals surface area contributed by atoms with Crippen molar-refractivity contribution in [3.8, 4) is 0 Å². The molecule has 1 N–H and O–H groups in total. The zero-order valence-electron chi connectivity index (χ0n) is 5.16. The van der Waals surface area contributed by atoms with Crippen LogP contribution in [0.25, 0.3) is 11.0 Å². The minimum atomic E-state index is 0.444. The number of aromatic nitrogens is 2. The predicted octanol–water partition coefficient (Wildman–Crippen LogP) is 1.49. The monoisotopic (exact) mass is 135 g/mol. The molecular weight excluding hydrogens is 130 g/mol. The minimum Gasteiger partial charge on any atom is -0.355 e. The number of nitrogens with zero attached hydrogens (tertiary/aromatic N) is 2. The average molecular weight is 135 g/mol. The number of nitrogens with one attached hydrogen (secondary N) is 1. The summed E-state index contributed by atoms with van der Waals surface area (Å²) in [7, 11) is 0. The van der Waals surface area contributed by atoms with Gasteiger partial charge in [0, 0.05) is 6.20 Å². The van der Waals surface area contributed by atoms with E-state index in [0.717, 1.165) is 11.0 Å². The number of hydrogen-bond donors (Lipinski definition) is 1. The Bertz CT molecular complexity index is 360. The first-order chi connectivity index (χ1) is 4.92. The first-order valence-electron chi connectivity index (χ1n) is 2.81. The summed E-state index contributed by atoms with van der Waals surface area (Å²) < 4.78 is 4.79. The van der Waals surface area contributed by atoms with Gasteiger partial charge in [-0.25, -0.2) is 4.99 Å². The van der Waals surface area contributed by atoms with Gasteiger partial charge in [0.2, 0.25) is 0 Å². The summed E-state index contributed by atoms with van der Waals surface area (Å²) in [5.41, 5.74) is 1.58. The highest BCUT2D eigenvalue weighted by Crippen LogP contribution is 2.22. The van der Waals surface area contributed by atoms with E-state index in [2.05, 4.69) is 21.9 Å². The summed E-state index contributed by atoms with van der Waals surface area (Å²) in [6, 6.07) is 1.81. The Labute approximate surface area is 56.5 Å². The quantitative estimate of drug-likeness (QED) is 0.602. The maximum absolute atomic E-state index is 4.79. The lowest BCUT2D eigenvalue weighted by molar-refractivity contribution is 0.439. The number of H-pyrrole nitrogens is 1. The number of rotatable bonds is 1. The van der Waals surface area contributed by atoms with Crippen LogP contribution in [-0.4, -0.2) is 16.9 Å². The Hall–Kier alpha value is -1.58. The van der Waals surface area contributed by atoms with Gasteiger partial charge in [-0.3, -0.25) is 0 Å². The smallest absolute Gasteiger partial charge is 0.274 e. The van der Waals surface area contributed by atoms with Crippen LogP contribution >= 0.6 is 0 Å². The minimum absolute atomic E-state index is 0.444. The SMILES string of the molecule is C=Nc1onc2cc[nH]c12. The maximum atomic E-state index is 4.79. The number of aliphatic imine (C=N–C) groups is 1. The van der Waals surface area contributed by atoms with E-state index in [1.807, 2.05) is 6.07 Å². The number of fused-ring (bicyclic) bond motifs is 1. The van der Waals surface area contributed by atoms with Gasteiger partial charge in [-0.1, -0.05) is 5.16 Å². The first-order valence-corrected chi connectivity index (χ1v) is 2.81. The van der Waals surface area contributed by atoms with E-state index < -0.39 is 0 Å². The van der Waals surface area contributed by atoms with Crippen LogP contribution in [0.4, 0.5) is 5.88 Å². The Balaban J connectivity index is 2.88. The molecule has 4 nitrogen and oxygen atoms in total. The molecule has 0 aliphatic carbocycles. The van der Waals surface area contributed by atoms with Crippen LogP contribution < -0.4 is 0 Å². The number of aromatic amines is 1. The van der Waals surface area contributed by atoms with E-state index >= 15 is 0 Å². The summed E-state index contributed by atoms with van der Waals surface area (Å²) in [6.45, 7) is 3.33. The molecule has 50 valence electrons. The molecule has 0 unspecified atom stereocenters. The lowest BCUT2D eigenvalue weighted by Gasteiger charge is -1.76. The lowest BCUT2D eigenvalue weighted by Crippen LogP contribution is -1.57. The Kier molecular flexibility index (Phi) is 0.887. The van der Waals surface area contributed by atoms with Gasteiger partial charge in [-0.05, 0) is 12.8 Å². The topological polar surface area (TPSA) is 54.2 Å². The highest BCUT2D eigenvalue weighted by Gasteiger charge is 2.04. The summed E-state index contributed by atoms with van der Waals surface area (Å²) in [6.07, 6.45) is 1.78. The molecule has 0 aromatic carbocycles. The lowest BCUT2D eigenvalue weighted by atomic mass is 10.5. The molecule has 4 heteroatoms. The molecule has 10 heavy (non-hydrogen) atoms. The number of hydrogen-bond acceptors (Lipinski definition) is 3. The Morgan fingerprint density at radius 3 is 3.40 bits per heavy atom. The third kappa shape index (κ3) is 0.500. The predicted molar refractivity (Wildman–Crippen MR) is 37.6 cm³/mol. The normalized spacial score (nSPS) is 10.4. The van der Waals surface area contributed by atoms with Crippen LogP contribution in [0.3, 0.4) is 0 Å². The van der Waals surface area contributed by atoms with E-state index in [4.69, 9.17) is 4.52 Å². The van der Waals surface area contributed by atoms with Crippen LogP contribution in [0.15, 0.2) is 21.8 Å². The van der Waals surface area contributed by atoms with Crippen LogP contribution in [-0.2, 0) is 0 Å². The molecule has 0 radical (unpaired) electrons. The van der Waals surface area contributed by atoms with Crippen molar-refractivity contribution in [1.29, 1.82) is 0 Å². The van der Waals surface area contributed by atoms with Crippen LogP contribution in [0.1, 0.15) is 0 Å². The molecule has 0 amide bonds. The van der Waals surface area contributed by atoms with E-state index in [-0.39, 0.29) is 0 Å². The third-order valence-electron chi connectivity index (χ3n) is 1.31. The third-order valence-corrected chi connectivity index (χ3v) is 1.31. The molecule has 2 rings (SSSR count). The zero-order chi connectivity index (χ0) is 6.97. The molecule has 0 bridgehead atoms. The van der Waals surface area contributed by atoms with Crippen molar-refractivity contribution >= 4 is 23.6 Å². The van der Waals surface area contributed by atoms with Crippen LogP contribution in [0, 0.1) is 0 Å². The second-order valence-corrected chi connectivity index (χ2v) is 1.88. The molecule has 0 saturated carbocycles. The highest BCUT2D eigenvalue weighted by molar-refractivity contribution is 5.83. The summed E-state index contributed by atoms with van der Waals surface area (Å²) in [4.78, 5) is 6.55. The second-order valence-electron chi connectivity index (χ2n) is 1.88. The van der Waals surface area contributed by atoms with E-state index in [0.29, 0.717) is 5.88 Å². The standard InChI is InChI=1S/C6H5N3O/c1-7-6-5-4(9-10-6)2-3-8-5/h2-3,8H,1H2. The molecule has 0 atom stereocenters. The summed E-state index contributed by atoms with van der Waals surface area (Å²) in [5, 5.41) is 3.71. The van der Waals surface area contributed by atoms with Crippen molar-refractivity contribution in [2.45, 2.75) is 0 Å². The molecule has 0 aliphatic rings. The summed E-state index contributed by atoms with van der Waals surface area (Å²) in [5.74, 6) is 0.444. The van der Waals surface area contributed by atoms with Gasteiger partial charge in [0.05, 0.1) is 0 Å². The van der Waals surface area contributed by atoms with E-state index in [9.17, 15) is 0 Å². The molecule has 0 aliphatic heterocycles. The second kappa shape index (κ2) is 1.70. The van der Waals surface area contributed by atoms with Crippen molar-refractivity contribution < 1.29 is 4.52 Å². The molecular formula is C6H5N3O. The van der Waals surface area contributed by atoms with Gasteiger partial charge >= 0.3 is 0 Å². The van der Waals surface area contributed by atoms with Gasteiger partial charge in [-0.15, -0.1) is 0 Å². The Morgan fingerprint density at radius 1 is 1.70 bits per heavy atom. The van der Waals surface area contributed by atoms with Crippen molar-refractivity contribution in [1.82, 2.24) is 10.1 Å². The highest BCUT2D eigenvalue weighted by atomic mass is 16.5. The zero-order valence-corrected chi connectivity index (χ0v) is 5.16. The van der Waals surface area contributed by atoms with Crippen molar-refractivity contribution in [3.05, 3.63) is 12.3 Å². The summed E-state index contributed by atoms with van der Waals surface area (Å²) >= 11 is 0. The van der Waals surface area contributed by atoms with Gasteiger partial charge in [0.25, 0.3) is 5.88 Å². The molecule has 0 saturated heterocycles. The fraction of sp³-hybridized carbons (Fsp3) is 0. The van der Waals surface area contributed by atoms with Gasteiger partial charge in [-0.2, -0.15) is 0 Å². The fourth-order valence-electron chi connectivity index (χ4n) is 0.855. The van der Waals surface area contributed by atoms with Crippen LogP contribution in [0.2, 0.25) is 0 Å². The molecule has 2 heterocycles. The molecule has 2 aromatic rings. The maximum Gasteiger partial charge on any atom is 0.274 e. The van der Waals surface area contributed by atoms with Gasteiger partial charge in [0.15, 0.2) is 0 Å². The van der Waals surface area contributed by atoms with Crippen molar-refractivity contribution in [2.75, 3.05) is 0 Å². The van der Waals surface area contributed by atoms with E-state index in [1.165, 1.54) is 0 Å². The molecule has 0 fully saturated rings. The van der Waals surface area contributed by atoms with Gasteiger partial charge in [0.1, 0.15) is 11.0 Å². The van der Waals surface area contributed by atoms with Crippen LogP contribution in [0.5, 0.6) is 0 Å². The fourth-order valence-corrected chi connectivity index (χ4v) is 0.855. The molecule has 0 spiro atoms. The van der Waals surface area contributed by atoms with Crippen molar-refractivity contribution in [2.24, 2.45) is 4.99 Å². The first kappa shape index (κ1) is 5.22. The Morgan fingerprint density at radius 2 is 2.60 bits per heavy atom. The largest absolute Gasteiger partial charge is 0.355 e. The van der Waals surface area contributed by atoms with Gasteiger partial charge < -0.3 is 9.51 Å². The molecule has 2 aromatic heterocycles. The average Bonchev–Trinajstić information content (AvgIpc) is 2.44. The van der Waals surface area contributed by atoms with E-state index in [1.54, 1.807) is 6.20 Å². The van der Waals surface area contributed by atoms with Crippen molar-refractivity contribution in [3.63, 3.8) is 0 Å².